The van der Waals surface area contributed by atoms with E-state index in [1.807, 2.05) is 24.3 Å². The van der Waals surface area contributed by atoms with Gasteiger partial charge in [0.15, 0.2) is 0 Å². The Morgan fingerprint density at radius 1 is 1.45 bits per heavy atom. The molecule has 0 radical (unpaired) electrons. The van der Waals surface area contributed by atoms with Crippen LogP contribution in [0.2, 0.25) is 0 Å². The molecule has 0 saturated carbocycles. The van der Waals surface area contributed by atoms with E-state index in [0.29, 0.717) is 5.04 Å². The summed E-state index contributed by atoms with van der Waals surface area (Å²) in [7, 11) is 0. The molecule has 0 saturated heterocycles. The molecule has 0 bridgehead atoms. The summed E-state index contributed by atoms with van der Waals surface area (Å²) in [6, 6.07) is 7.87. The topological polar surface area (TPSA) is 23.9 Å². The number of nitrogens with one attached hydrogen (secondary N) is 1. The van der Waals surface area contributed by atoms with Crippen LogP contribution in [0.3, 0.4) is 0 Å². The SMILES string of the molecule is CCc1ccccc1C(=N)S. The van der Waals surface area contributed by atoms with E-state index in [9.17, 15) is 0 Å². The lowest BCUT2D eigenvalue weighted by Crippen LogP contribution is -1.94. The minimum absolute atomic E-state index is 0.349. The molecule has 58 valence electrons. The largest absolute Gasteiger partial charge is 0.294 e. The molecular weight excluding hydrogens is 154 g/mol. The maximum Gasteiger partial charge on any atom is 0.0914 e. The second kappa shape index (κ2) is 3.58. The van der Waals surface area contributed by atoms with Gasteiger partial charge in [0, 0.05) is 5.56 Å². The molecule has 0 fully saturated rings. The number of thiol groups is 1. The number of aryl methyl sites for hydroxylation is 1. The van der Waals surface area contributed by atoms with Crippen LogP contribution in [0, 0.1) is 5.41 Å². The van der Waals surface area contributed by atoms with Crippen molar-refractivity contribution in [3.05, 3.63) is 35.4 Å². The zero-order valence-corrected chi connectivity index (χ0v) is 7.36. The molecule has 0 atom stereocenters. The maximum atomic E-state index is 7.34. The van der Waals surface area contributed by atoms with Gasteiger partial charge < -0.3 is 0 Å². The summed E-state index contributed by atoms with van der Waals surface area (Å²) in [5.74, 6) is 0. The Bertz CT molecular complexity index is 268. The van der Waals surface area contributed by atoms with Crippen LogP contribution in [0.5, 0.6) is 0 Å². The molecule has 0 aliphatic heterocycles. The number of hydrogen-bond acceptors (Lipinski definition) is 1. The second-order valence-electron chi connectivity index (χ2n) is 2.36. The zero-order valence-electron chi connectivity index (χ0n) is 6.46. The lowest BCUT2D eigenvalue weighted by atomic mass is 10.1. The van der Waals surface area contributed by atoms with Gasteiger partial charge in [0.1, 0.15) is 0 Å². The average molecular weight is 165 g/mol. The molecule has 1 nitrogen and oxygen atoms in total. The molecule has 0 amide bonds. The fourth-order valence-electron chi connectivity index (χ4n) is 1.06. The Balaban J connectivity index is 3.12. The third kappa shape index (κ3) is 1.84. The quantitative estimate of drug-likeness (QED) is 0.382. The summed E-state index contributed by atoms with van der Waals surface area (Å²) in [6.45, 7) is 2.08. The molecule has 2 heteroatoms. The van der Waals surface area contributed by atoms with Crippen molar-refractivity contribution < 1.29 is 0 Å². The van der Waals surface area contributed by atoms with E-state index in [1.165, 1.54) is 5.56 Å². The predicted molar refractivity (Wildman–Crippen MR) is 51.6 cm³/mol. The average Bonchev–Trinajstić information content (AvgIpc) is 2.04. The summed E-state index contributed by atoms with van der Waals surface area (Å²) in [5, 5.41) is 7.69. The smallest absolute Gasteiger partial charge is 0.0914 e. The van der Waals surface area contributed by atoms with Crippen LogP contribution in [0.15, 0.2) is 24.3 Å². The molecular formula is C9H11NS. The van der Waals surface area contributed by atoms with E-state index < -0.39 is 0 Å². The lowest BCUT2D eigenvalue weighted by molar-refractivity contribution is 1.13. The summed E-state index contributed by atoms with van der Waals surface area (Å²) in [5.41, 5.74) is 2.13. The Labute approximate surface area is 72.4 Å². The molecule has 0 aliphatic carbocycles. The van der Waals surface area contributed by atoms with Crippen LogP contribution in [0.4, 0.5) is 0 Å². The van der Waals surface area contributed by atoms with Crippen LogP contribution < -0.4 is 0 Å². The molecule has 0 unspecified atom stereocenters. The van der Waals surface area contributed by atoms with Gasteiger partial charge in [-0.2, -0.15) is 0 Å². The van der Waals surface area contributed by atoms with Crippen molar-refractivity contribution in [3.63, 3.8) is 0 Å². The first-order valence-electron chi connectivity index (χ1n) is 3.61. The molecule has 1 rings (SSSR count). The van der Waals surface area contributed by atoms with Gasteiger partial charge in [-0.3, -0.25) is 5.41 Å². The Kier molecular flexibility index (Phi) is 2.71. The van der Waals surface area contributed by atoms with E-state index in [-0.39, 0.29) is 0 Å². The minimum Gasteiger partial charge on any atom is -0.294 e. The molecule has 0 heterocycles. The normalized spacial score (nSPS) is 9.64. The second-order valence-corrected chi connectivity index (χ2v) is 2.81. The highest BCUT2D eigenvalue weighted by molar-refractivity contribution is 7.97. The van der Waals surface area contributed by atoms with E-state index in [1.54, 1.807) is 0 Å². The Hall–Kier alpha value is -0.760. The van der Waals surface area contributed by atoms with Crippen LogP contribution >= 0.6 is 12.6 Å². The first-order chi connectivity index (χ1) is 5.25. The summed E-state index contributed by atoms with van der Waals surface area (Å²) in [4.78, 5) is 0. The summed E-state index contributed by atoms with van der Waals surface area (Å²) >= 11 is 3.99. The maximum absolute atomic E-state index is 7.34. The first-order valence-corrected chi connectivity index (χ1v) is 4.06. The molecule has 1 N–H and O–H groups in total. The zero-order chi connectivity index (χ0) is 8.27. The van der Waals surface area contributed by atoms with Gasteiger partial charge in [0.2, 0.25) is 0 Å². The molecule has 11 heavy (non-hydrogen) atoms. The van der Waals surface area contributed by atoms with Crippen molar-refractivity contribution in [2.45, 2.75) is 13.3 Å². The van der Waals surface area contributed by atoms with E-state index >= 15 is 0 Å². The predicted octanol–water partition coefficient (Wildman–Crippen LogP) is 2.50. The van der Waals surface area contributed by atoms with Gasteiger partial charge >= 0.3 is 0 Å². The Morgan fingerprint density at radius 3 is 2.55 bits per heavy atom. The summed E-state index contributed by atoms with van der Waals surface area (Å²) in [6.07, 6.45) is 0.957. The monoisotopic (exact) mass is 165 g/mol. The van der Waals surface area contributed by atoms with Crippen molar-refractivity contribution >= 4 is 17.7 Å². The van der Waals surface area contributed by atoms with Gasteiger partial charge in [-0.05, 0) is 12.0 Å². The number of hydrogen-bond donors (Lipinski definition) is 2. The van der Waals surface area contributed by atoms with E-state index in [4.69, 9.17) is 5.41 Å². The van der Waals surface area contributed by atoms with Gasteiger partial charge in [-0.1, -0.05) is 31.2 Å². The van der Waals surface area contributed by atoms with E-state index in [2.05, 4.69) is 19.6 Å². The van der Waals surface area contributed by atoms with Crippen LogP contribution in [-0.2, 0) is 6.42 Å². The van der Waals surface area contributed by atoms with Crippen LogP contribution in [0.1, 0.15) is 18.1 Å². The molecule has 0 aliphatic rings. The Morgan fingerprint density at radius 2 is 2.09 bits per heavy atom. The molecule has 1 aromatic carbocycles. The molecule has 1 aromatic rings. The first kappa shape index (κ1) is 8.34. The highest BCUT2D eigenvalue weighted by Gasteiger charge is 2.00. The van der Waals surface area contributed by atoms with Crippen molar-refractivity contribution in [1.82, 2.24) is 0 Å². The van der Waals surface area contributed by atoms with Crippen molar-refractivity contribution in [1.29, 1.82) is 5.41 Å². The van der Waals surface area contributed by atoms with Gasteiger partial charge in [0.25, 0.3) is 0 Å². The lowest BCUT2D eigenvalue weighted by Gasteiger charge is -2.03. The summed E-state index contributed by atoms with van der Waals surface area (Å²) < 4.78 is 0. The van der Waals surface area contributed by atoms with Gasteiger partial charge in [0.05, 0.1) is 5.04 Å². The van der Waals surface area contributed by atoms with Crippen molar-refractivity contribution in [2.75, 3.05) is 0 Å². The van der Waals surface area contributed by atoms with Crippen LogP contribution in [-0.4, -0.2) is 5.04 Å². The third-order valence-electron chi connectivity index (χ3n) is 1.65. The number of benzene rings is 1. The fraction of sp³-hybridized carbons (Fsp3) is 0.222. The van der Waals surface area contributed by atoms with Gasteiger partial charge in [-0.25, -0.2) is 0 Å². The minimum atomic E-state index is 0.349. The van der Waals surface area contributed by atoms with Gasteiger partial charge in [-0.15, -0.1) is 12.6 Å². The highest BCUT2D eigenvalue weighted by atomic mass is 32.1. The fourth-order valence-corrected chi connectivity index (χ4v) is 1.28. The van der Waals surface area contributed by atoms with E-state index in [0.717, 1.165) is 12.0 Å². The third-order valence-corrected chi connectivity index (χ3v) is 1.89. The van der Waals surface area contributed by atoms with Crippen molar-refractivity contribution in [3.8, 4) is 0 Å². The van der Waals surface area contributed by atoms with Crippen LogP contribution in [0.25, 0.3) is 0 Å². The van der Waals surface area contributed by atoms with Crippen molar-refractivity contribution in [2.24, 2.45) is 0 Å². The molecule has 0 spiro atoms. The highest BCUT2D eigenvalue weighted by Crippen LogP contribution is 2.11. The number of rotatable bonds is 2. The molecule has 0 aromatic heterocycles. The standard InChI is InChI=1S/C9H11NS/c1-2-7-5-3-4-6-8(7)9(10)11/h3-6H,2H2,1H3,(H2,10,11).